The minimum atomic E-state index is -3.79. The summed E-state index contributed by atoms with van der Waals surface area (Å²) in [4.78, 5) is 4.28. The van der Waals surface area contributed by atoms with E-state index in [0.29, 0.717) is 22.0 Å². The molecular formula is C16H12ClFN2O3S2. The first-order chi connectivity index (χ1) is 11.9. The number of methoxy groups -OCH3 is 1. The fraction of sp³-hybridized carbons (Fsp3) is 0.0625. The molecule has 0 bridgehead atoms. The van der Waals surface area contributed by atoms with Gasteiger partial charge in [0.25, 0.3) is 10.0 Å². The van der Waals surface area contributed by atoms with Gasteiger partial charge in [-0.3, -0.25) is 4.72 Å². The van der Waals surface area contributed by atoms with Crippen molar-refractivity contribution in [3.05, 3.63) is 58.7 Å². The van der Waals surface area contributed by atoms with Gasteiger partial charge in [-0.2, -0.15) is 0 Å². The molecule has 0 spiro atoms. The number of anilines is 1. The normalized spacial score (nSPS) is 11.3. The Morgan fingerprint density at radius 1 is 1.20 bits per heavy atom. The monoisotopic (exact) mass is 398 g/mol. The summed E-state index contributed by atoms with van der Waals surface area (Å²) in [6.07, 6.45) is 0. The zero-order valence-corrected chi connectivity index (χ0v) is 15.3. The largest absolute Gasteiger partial charge is 0.496 e. The highest BCUT2D eigenvalue weighted by molar-refractivity contribution is 7.93. The van der Waals surface area contributed by atoms with E-state index in [1.165, 1.54) is 49.6 Å². The molecule has 1 heterocycles. The van der Waals surface area contributed by atoms with Gasteiger partial charge >= 0.3 is 0 Å². The van der Waals surface area contributed by atoms with Crippen LogP contribution >= 0.6 is 22.9 Å². The number of nitrogens with one attached hydrogen (secondary N) is 1. The Bertz CT molecular complexity index is 1000. The first-order valence-corrected chi connectivity index (χ1v) is 9.71. The van der Waals surface area contributed by atoms with Gasteiger partial charge in [-0.25, -0.2) is 17.8 Å². The summed E-state index contributed by atoms with van der Waals surface area (Å²) >= 11 is 6.86. The number of aromatic nitrogens is 1. The van der Waals surface area contributed by atoms with Gasteiger partial charge in [0.1, 0.15) is 11.6 Å². The lowest BCUT2D eigenvalue weighted by Crippen LogP contribution is -2.12. The fourth-order valence-corrected chi connectivity index (χ4v) is 4.20. The smallest absolute Gasteiger partial charge is 0.263 e. The number of ether oxygens (including phenoxy) is 1. The maximum absolute atomic E-state index is 13.5. The van der Waals surface area contributed by atoms with Crippen LogP contribution in [0.2, 0.25) is 5.02 Å². The molecule has 0 aliphatic rings. The summed E-state index contributed by atoms with van der Waals surface area (Å²) in [5.41, 5.74) is 0.853. The maximum Gasteiger partial charge on any atom is 0.263 e. The molecule has 1 N–H and O–H groups in total. The third-order valence-corrected chi connectivity index (χ3v) is 5.78. The summed E-state index contributed by atoms with van der Waals surface area (Å²) in [5, 5.41) is 2.22. The molecule has 0 atom stereocenters. The molecule has 25 heavy (non-hydrogen) atoms. The number of nitrogens with zero attached hydrogens (tertiary/aromatic N) is 1. The molecular weight excluding hydrogens is 387 g/mol. The predicted molar refractivity (Wildman–Crippen MR) is 96.3 cm³/mol. The van der Waals surface area contributed by atoms with E-state index in [1.54, 1.807) is 5.38 Å². The van der Waals surface area contributed by atoms with Gasteiger partial charge in [0.2, 0.25) is 0 Å². The average Bonchev–Trinajstić information content (AvgIpc) is 3.03. The molecule has 5 nitrogen and oxygen atoms in total. The molecule has 0 fully saturated rings. The SMILES string of the molecule is COc1ccc(F)cc1-c1csc(NS(=O)(=O)c2ccc(Cl)cc2)n1. The van der Waals surface area contributed by atoms with Crippen molar-refractivity contribution < 1.29 is 17.5 Å². The Hall–Kier alpha value is -2.16. The van der Waals surface area contributed by atoms with Crippen LogP contribution in [0, 0.1) is 5.82 Å². The molecule has 0 amide bonds. The quantitative estimate of drug-likeness (QED) is 0.691. The highest BCUT2D eigenvalue weighted by atomic mass is 35.5. The van der Waals surface area contributed by atoms with E-state index in [9.17, 15) is 12.8 Å². The number of benzene rings is 2. The van der Waals surface area contributed by atoms with Crippen LogP contribution < -0.4 is 9.46 Å². The van der Waals surface area contributed by atoms with Crippen molar-refractivity contribution in [2.45, 2.75) is 4.90 Å². The third kappa shape index (κ3) is 3.92. The highest BCUT2D eigenvalue weighted by Gasteiger charge is 2.17. The van der Waals surface area contributed by atoms with Crippen molar-refractivity contribution in [3.63, 3.8) is 0 Å². The molecule has 0 aliphatic carbocycles. The summed E-state index contributed by atoms with van der Waals surface area (Å²) in [6.45, 7) is 0. The van der Waals surface area contributed by atoms with Crippen LogP contribution in [0.5, 0.6) is 5.75 Å². The van der Waals surface area contributed by atoms with Crippen LogP contribution in [0.3, 0.4) is 0 Å². The summed E-state index contributed by atoms with van der Waals surface area (Å²) in [6, 6.07) is 9.82. The molecule has 3 aromatic rings. The summed E-state index contributed by atoms with van der Waals surface area (Å²) in [5.74, 6) is 0.00547. The van der Waals surface area contributed by atoms with E-state index in [-0.39, 0.29) is 10.0 Å². The van der Waals surface area contributed by atoms with Gasteiger partial charge in [0.05, 0.1) is 17.7 Å². The molecule has 1 aromatic heterocycles. The van der Waals surface area contributed by atoms with E-state index in [2.05, 4.69) is 9.71 Å². The lowest BCUT2D eigenvalue weighted by atomic mass is 10.1. The van der Waals surface area contributed by atoms with E-state index in [4.69, 9.17) is 16.3 Å². The van der Waals surface area contributed by atoms with Crippen LogP contribution in [0.4, 0.5) is 9.52 Å². The summed E-state index contributed by atoms with van der Waals surface area (Å²) in [7, 11) is -2.32. The predicted octanol–water partition coefficient (Wildman–Crippen LogP) is 4.41. The zero-order valence-electron chi connectivity index (χ0n) is 12.9. The standard InChI is InChI=1S/C16H12ClFN2O3S2/c1-23-15-7-4-11(18)8-13(15)14-9-24-16(19-14)20-25(21,22)12-5-2-10(17)3-6-12/h2-9H,1H3,(H,19,20). The Balaban J connectivity index is 1.89. The first kappa shape index (κ1) is 17.7. The van der Waals surface area contributed by atoms with Crippen molar-refractivity contribution in [1.29, 1.82) is 0 Å². The first-order valence-electron chi connectivity index (χ1n) is 6.97. The van der Waals surface area contributed by atoms with Crippen molar-refractivity contribution in [2.24, 2.45) is 0 Å². The van der Waals surface area contributed by atoms with Crippen molar-refractivity contribution in [2.75, 3.05) is 11.8 Å². The maximum atomic E-state index is 13.5. The van der Waals surface area contributed by atoms with Crippen molar-refractivity contribution in [1.82, 2.24) is 4.98 Å². The molecule has 2 aromatic carbocycles. The van der Waals surface area contributed by atoms with Crippen molar-refractivity contribution in [3.8, 4) is 17.0 Å². The van der Waals surface area contributed by atoms with Gasteiger partial charge in [0, 0.05) is 16.0 Å². The number of hydrogen-bond donors (Lipinski definition) is 1. The molecule has 130 valence electrons. The van der Waals surface area contributed by atoms with Gasteiger partial charge in [-0.15, -0.1) is 11.3 Å². The molecule has 0 radical (unpaired) electrons. The minimum Gasteiger partial charge on any atom is -0.496 e. The summed E-state index contributed by atoms with van der Waals surface area (Å²) < 4.78 is 45.8. The minimum absolute atomic E-state index is 0.0667. The van der Waals surface area contributed by atoms with Gasteiger partial charge in [-0.1, -0.05) is 11.6 Å². The van der Waals surface area contributed by atoms with Crippen LogP contribution in [0.1, 0.15) is 0 Å². The molecule has 0 unspecified atom stereocenters. The Kier molecular flexibility index (Phi) is 4.94. The van der Waals surface area contributed by atoms with Crippen LogP contribution in [0.25, 0.3) is 11.3 Å². The van der Waals surface area contributed by atoms with E-state index >= 15 is 0 Å². The number of rotatable bonds is 5. The highest BCUT2D eigenvalue weighted by Crippen LogP contribution is 2.33. The number of thiazole rings is 1. The Morgan fingerprint density at radius 3 is 2.60 bits per heavy atom. The zero-order chi connectivity index (χ0) is 18.0. The van der Waals surface area contributed by atoms with E-state index in [0.717, 1.165) is 11.3 Å². The van der Waals surface area contributed by atoms with E-state index in [1.807, 2.05) is 0 Å². The van der Waals surface area contributed by atoms with Crippen LogP contribution in [0.15, 0.2) is 52.7 Å². The van der Waals surface area contributed by atoms with Crippen LogP contribution in [-0.4, -0.2) is 20.5 Å². The fourth-order valence-electron chi connectivity index (χ4n) is 2.11. The second kappa shape index (κ2) is 6.99. The third-order valence-electron chi connectivity index (χ3n) is 3.29. The van der Waals surface area contributed by atoms with Gasteiger partial charge in [-0.05, 0) is 42.5 Å². The van der Waals surface area contributed by atoms with Gasteiger partial charge < -0.3 is 4.74 Å². The lowest BCUT2D eigenvalue weighted by Gasteiger charge is -2.06. The molecule has 9 heteroatoms. The molecule has 0 aliphatic heterocycles. The molecule has 3 rings (SSSR count). The topological polar surface area (TPSA) is 68.3 Å². The number of hydrogen-bond acceptors (Lipinski definition) is 5. The average molecular weight is 399 g/mol. The molecule has 0 saturated carbocycles. The van der Waals surface area contributed by atoms with Gasteiger partial charge in [0.15, 0.2) is 5.13 Å². The second-order valence-electron chi connectivity index (χ2n) is 4.94. The number of sulfonamides is 1. The number of halogens is 2. The Labute approximate surface area is 153 Å². The lowest BCUT2D eigenvalue weighted by molar-refractivity contribution is 0.415. The van der Waals surface area contributed by atoms with Crippen molar-refractivity contribution >= 4 is 38.1 Å². The molecule has 0 saturated heterocycles. The Morgan fingerprint density at radius 2 is 1.92 bits per heavy atom. The second-order valence-corrected chi connectivity index (χ2v) is 7.92. The van der Waals surface area contributed by atoms with E-state index < -0.39 is 15.8 Å². The van der Waals surface area contributed by atoms with Crippen LogP contribution in [-0.2, 0) is 10.0 Å².